The molecular formula is C26H29NO4. The first-order chi connectivity index (χ1) is 15.1. The van der Waals surface area contributed by atoms with Crippen LogP contribution in [0.2, 0.25) is 0 Å². The second kappa shape index (κ2) is 9.31. The van der Waals surface area contributed by atoms with E-state index in [2.05, 4.69) is 48.2 Å². The quantitative estimate of drug-likeness (QED) is 0.557. The smallest absolute Gasteiger partial charge is 0.165 e. The van der Waals surface area contributed by atoms with Gasteiger partial charge >= 0.3 is 0 Å². The first-order valence-corrected chi connectivity index (χ1v) is 10.4. The molecule has 0 aliphatic carbocycles. The van der Waals surface area contributed by atoms with Gasteiger partial charge in [-0.05, 0) is 48.4 Å². The first kappa shape index (κ1) is 21.1. The van der Waals surface area contributed by atoms with Crippen molar-refractivity contribution < 1.29 is 18.9 Å². The Bertz CT molecular complexity index is 1050. The molecule has 0 N–H and O–H groups in total. The van der Waals surface area contributed by atoms with Crippen LogP contribution in [0.1, 0.15) is 16.7 Å². The van der Waals surface area contributed by atoms with Gasteiger partial charge in [-0.1, -0.05) is 29.8 Å². The normalized spacial score (nSPS) is 13.7. The maximum atomic E-state index is 6.13. The number of fused-ring (bicyclic) bond motifs is 1. The van der Waals surface area contributed by atoms with E-state index in [0.717, 1.165) is 64.9 Å². The summed E-state index contributed by atoms with van der Waals surface area (Å²) >= 11 is 0. The van der Waals surface area contributed by atoms with Crippen molar-refractivity contribution in [2.75, 3.05) is 34.5 Å². The highest BCUT2D eigenvalue weighted by Gasteiger charge is 2.21. The molecule has 4 rings (SSSR count). The van der Waals surface area contributed by atoms with E-state index in [1.807, 2.05) is 18.2 Å². The summed E-state index contributed by atoms with van der Waals surface area (Å²) in [5.74, 6) is 3.29. The lowest BCUT2D eigenvalue weighted by molar-refractivity contribution is 0.214. The van der Waals surface area contributed by atoms with Crippen molar-refractivity contribution in [1.29, 1.82) is 0 Å². The van der Waals surface area contributed by atoms with Crippen LogP contribution in [0.25, 0.3) is 11.1 Å². The topological polar surface area (TPSA) is 40.2 Å². The van der Waals surface area contributed by atoms with Crippen LogP contribution in [-0.4, -0.2) is 39.4 Å². The molecule has 0 spiro atoms. The maximum absolute atomic E-state index is 6.13. The number of rotatable bonds is 6. The van der Waals surface area contributed by atoms with Gasteiger partial charge in [0.25, 0.3) is 0 Å². The Morgan fingerprint density at radius 2 is 1.61 bits per heavy atom. The molecule has 3 aromatic rings. The summed E-state index contributed by atoms with van der Waals surface area (Å²) < 4.78 is 22.8. The van der Waals surface area contributed by atoms with Crippen molar-refractivity contribution >= 4 is 0 Å². The first-order valence-electron chi connectivity index (χ1n) is 10.4. The fourth-order valence-electron chi connectivity index (χ4n) is 3.98. The standard InChI is InChI=1S/C26H29NO4/c1-18-5-7-19(8-6-18)20-13-22-17-27(11-12-31-26(22)25(15-20)30-4)16-21-14-23(28-2)9-10-24(21)29-3/h5-10,13-15H,11-12,16-17H2,1-4H3. The number of methoxy groups -OCH3 is 3. The zero-order valence-electron chi connectivity index (χ0n) is 18.6. The van der Waals surface area contributed by atoms with E-state index in [1.165, 1.54) is 5.56 Å². The molecule has 31 heavy (non-hydrogen) atoms. The molecule has 3 aromatic carbocycles. The largest absolute Gasteiger partial charge is 0.497 e. The second-order valence-corrected chi connectivity index (χ2v) is 7.77. The van der Waals surface area contributed by atoms with Crippen molar-refractivity contribution in [3.63, 3.8) is 0 Å². The molecule has 0 fully saturated rings. The molecule has 0 amide bonds. The number of hydrogen-bond donors (Lipinski definition) is 0. The highest BCUT2D eigenvalue weighted by atomic mass is 16.5. The van der Waals surface area contributed by atoms with Crippen LogP contribution in [0.15, 0.2) is 54.6 Å². The van der Waals surface area contributed by atoms with E-state index >= 15 is 0 Å². The minimum atomic E-state index is 0.597. The predicted molar refractivity (Wildman–Crippen MR) is 122 cm³/mol. The zero-order valence-corrected chi connectivity index (χ0v) is 18.6. The molecular weight excluding hydrogens is 390 g/mol. The Morgan fingerprint density at radius 3 is 2.32 bits per heavy atom. The molecule has 5 nitrogen and oxygen atoms in total. The molecule has 0 unspecified atom stereocenters. The number of ether oxygens (including phenoxy) is 4. The summed E-state index contributed by atoms with van der Waals surface area (Å²) in [6, 6.07) is 18.7. The highest BCUT2D eigenvalue weighted by Crippen LogP contribution is 2.39. The summed E-state index contributed by atoms with van der Waals surface area (Å²) in [4.78, 5) is 2.36. The van der Waals surface area contributed by atoms with Crippen molar-refractivity contribution in [2.24, 2.45) is 0 Å². The predicted octanol–water partition coefficient (Wildman–Crippen LogP) is 5.08. The van der Waals surface area contributed by atoms with Gasteiger partial charge < -0.3 is 18.9 Å². The average molecular weight is 420 g/mol. The van der Waals surface area contributed by atoms with Crippen molar-refractivity contribution in [3.05, 3.63) is 71.3 Å². The highest BCUT2D eigenvalue weighted by molar-refractivity contribution is 5.69. The van der Waals surface area contributed by atoms with Crippen LogP contribution in [0.4, 0.5) is 0 Å². The zero-order chi connectivity index (χ0) is 21.8. The SMILES string of the molecule is COc1ccc(OC)c(CN2CCOc3c(cc(-c4ccc(C)cc4)cc3OC)C2)c1. The van der Waals surface area contributed by atoms with E-state index in [0.29, 0.717) is 6.61 Å². The van der Waals surface area contributed by atoms with Gasteiger partial charge in [-0.3, -0.25) is 4.90 Å². The van der Waals surface area contributed by atoms with Crippen LogP contribution in [0.3, 0.4) is 0 Å². The number of hydrogen-bond acceptors (Lipinski definition) is 5. The number of aryl methyl sites for hydroxylation is 1. The molecule has 0 saturated heterocycles. The van der Waals surface area contributed by atoms with Crippen LogP contribution in [0.5, 0.6) is 23.0 Å². The molecule has 1 aliphatic rings. The fraction of sp³-hybridized carbons (Fsp3) is 0.308. The molecule has 0 bridgehead atoms. The third kappa shape index (κ3) is 4.62. The van der Waals surface area contributed by atoms with Crippen LogP contribution < -0.4 is 18.9 Å². The fourth-order valence-corrected chi connectivity index (χ4v) is 3.98. The summed E-state index contributed by atoms with van der Waals surface area (Å²) in [6.07, 6.45) is 0. The van der Waals surface area contributed by atoms with Crippen molar-refractivity contribution in [1.82, 2.24) is 4.90 Å². The van der Waals surface area contributed by atoms with Gasteiger partial charge in [0.05, 0.1) is 21.3 Å². The molecule has 5 heteroatoms. The minimum Gasteiger partial charge on any atom is -0.497 e. The Labute approximate surface area is 184 Å². The number of nitrogens with zero attached hydrogens (tertiary/aromatic N) is 1. The van der Waals surface area contributed by atoms with Gasteiger partial charge in [0, 0.05) is 30.8 Å². The van der Waals surface area contributed by atoms with E-state index in [-0.39, 0.29) is 0 Å². The van der Waals surface area contributed by atoms with Gasteiger partial charge in [-0.25, -0.2) is 0 Å². The van der Waals surface area contributed by atoms with E-state index < -0.39 is 0 Å². The Morgan fingerprint density at radius 1 is 0.839 bits per heavy atom. The maximum Gasteiger partial charge on any atom is 0.165 e. The van der Waals surface area contributed by atoms with Crippen LogP contribution in [0, 0.1) is 6.92 Å². The summed E-state index contributed by atoms with van der Waals surface area (Å²) in [5.41, 5.74) is 5.74. The third-order valence-corrected chi connectivity index (χ3v) is 5.67. The average Bonchev–Trinajstić information content (AvgIpc) is 3.00. The van der Waals surface area contributed by atoms with Gasteiger partial charge in [0.15, 0.2) is 11.5 Å². The minimum absolute atomic E-state index is 0.597. The molecule has 0 aromatic heterocycles. The van der Waals surface area contributed by atoms with Crippen LogP contribution in [-0.2, 0) is 13.1 Å². The van der Waals surface area contributed by atoms with Crippen LogP contribution >= 0.6 is 0 Å². The Kier molecular flexibility index (Phi) is 6.33. The van der Waals surface area contributed by atoms with Gasteiger partial charge in [0.1, 0.15) is 18.1 Å². The lowest BCUT2D eigenvalue weighted by Gasteiger charge is -2.21. The Balaban J connectivity index is 1.66. The lowest BCUT2D eigenvalue weighted by Crippen LogP contribution is -2.25. The second-order valence-electron chi connectivity index (χ2n) is 7.77. The monoisotopic (exact) mass is 419 g/mol. The molecule has 0 saturated carbocycles. The van der Waals surface area contributed by atoms with Crippen molar-refractivity contribution in [2.45, 2.75) is 20.0 Å². The molecule has 1 aliphatic heterocycles. The van der Waals surface area contributed by atoms with Crippen molar-refractivity contribution in [3.8, 4) is 34.1 Å². The van der Waals surface area contributed by atoms with E-state index in [4.69, 9.17) is 18.9 Å². The van der Waals surface area contributed by atoms with E-state index in [9.17, 15) is 0 Å². The summed E-state index contributed by atoms with van der Waals surface area (Å²) in [6.45, 7) is 4.99. The molecule has 162 valence electrons. The van der Waals surface area contributed by atoms with E-state index in [1.54, 1.807) is 21.3 Å². The van der Waals surface area contributed by atoms with Gasteiger partial charge in [-0.2, -0.15) is 0 Å². The molecule has 1 heterocycles. The van der Waals surface area contributed by atoms with Gasteiger partial charge in [0.2, 0.25) is 0 Å². The summed E-state index contributed by atoms with van der Waals surface area (Å²) in [5, 5.41) is 0. The lowest BCUT2D eigenvalue weighted by atomic mass is 10.0. The Hall–Kier alpha value is -3.18. The van der Waals surface area contributed by atoms with Gasteiger partial charge in [-0.15, -0.1) is 0 Å². The molecule has 0 atom stereocenters. The summed E-state index contributed by atoms with van der Waals surface area (Å²) in [7, 11) is 5.08. The number of benzene rings is 3. The third-order valence-electron chi connectivity index (χ3n) is 5.67. The molecule has 0 radical (unpaired) electrons.